The molecule has 0 fully saturated rings. The van der Waals surface area contributed by atoms with Crippen LogP contribution in [-0.4, -0.2) is 17.6 Å². The van der Waals surface area contributed by atoms with E-state index in [4.69, 9.17) is 10.00 Å². The number of rotatable bonds is 11. The molecule has 4 nitrogen and oxygen atoms in total. The Kier molecular flexibility index (Phi) is 10.2. The van der Waals surface area contributed by atoms with Gasteiger partial charge in [-0.3, -0.25) is 4.98 Å². The van der Waals surface area contributed by atoms with E-state index in [1.807, 2.05) is 19.2 Å². The molecule has 0 unspecified atom stereocenters. The lowest BCUT2D eigenvalue weighted by Crippen LogP contribution is -2.02. The molecule has 0 N–H and O–H groups in total. The molecule has 0 spiro atoms. The van der Waals surface area contributed by atoms with Gasteiger partial charge in [-0.15, -0.1) is 0 Å². The van der Waals surface area contributed by atoms with Crippen LogP contribution in [0.5, 0.6) is 0 Å². The van der Waals surface area contributed by atoms with Gasteiger partial charge >= 0.3 is 5.97 Å². The van der Waals surface area contributed by atoms with E-state index >= 15 is 0 Å². The Morgan fingerprint density at radius 3 is 2.74 bits per heavy atom. The number of hydrogen-bond donors (Lipinski definition) is 0. The fourth-order valence-electron chi connectivity index (χ4n) is 2.40. The first kappa shape index (κ1) is 18.9. The standard InChI is InChI=1S/C19H26N2O2/c1-2-23-19(22)15-17(9-4-3-7-13-20)10-5-6-11-18-12-8-14-21-16-18/h8,12,14-16H,2-7,9-11H2,1H3/b17-15+. The number of carbonyl (C=O) groups is 1. The molecule has 0 bridgehead atoms. The normalized spacial score (nSPS) is 11.0. The molecule has 1 aromatic heterocycles. The molecule has 0 aliphatic carbocycles. The summed E-state index contributed by atoms with van der Waals surface area (Å²) in [5, 5.41) is 8.58. The predicted molar refractivity (Wildman–Crippen MR) is 90.6 cm³/mol. The number of ether oxygens (including phenoxy) is 1. The van der Waals surface area contributed by atoms with Crippen molar-refractivity contribution in [2.24, 2.45) is 0 Å². The fourth-order valence-corrected chi connectivity index (χ4v) is 2.40. The maximum absolute atomic E-state index is 11.6. The zero-order valence-corrected chi connectivity index (χ0v) is 14.0. The van der Waals surface area contributed by atoms with Crippen LogP contribution in [0.4, 0.5) is 0 Å². The predicted octanol–water partition coefficient (Wildman–Crippen LogP) is 4.37. The second-order valence-corrected chi connectivity index (χ2v) is 5.49. The Bertz CT molecular complexity index is 518. The summed E-state index contributed by atoms with van der Waals surface area (Å²) in [6, 6.07) is 6.20. The van der Waals surface area contributed by atoms with Crippen molar-refractivity contribution in [1.29, 1.82) is 5.26 Å². The van der Waals surface area contributed by atoms with Gasteiger partial charge in [-0.05, 0) is 63.5 Å². The summed E-state index contributed by atoms with van der Waals surface area (Å²) in [4.78, 5) is 15.8. The third-order valence-electron chi connectivity index (χ3n) is 3.58. The SMILES string of the molecule is CCOC(=O)/C=C(\CCCCC#N)CCCCc1cccnc1. The van der Waals surface area contributed by atoms with Crippen molar-refractivity contribution in [3.8, 4) is 6.07 Å². The summed E-state index contributed by atoms with van der Waals surface area (Å²) in [6.07, 6.45) is 12.6. The number of esters is 1. The van der Waals surface area contributed by atoms with E-state index in [1.165, 1.54) is 5.56 Å². The molecule has 0 aliphatic heterocycles. The smallest absolute Gasteiger partial charge is 0.330 e. The molecular weight excluding hydrogens is 288 g/mol. The second-order valence-electron chi connectivity index (χ2n) is 5.49. The van der Waals surface area contributed by atoms with E-state index in [2.05, 4.69) is 17.1 Å². The number of allylic oxidation sites excluding steroid dienone is 1. The minimum Gasteiger partial charge on any atom is -0.463 e. The molecular formula is C19H26N2O2. The minimum absolute atomic E-state index is 0.255. The average molecular weight is 314 g/mol. The Balaban J connectivity index is 2.38. The summed E-state index contributed by atoms with van der Waals surface area (Å²) in [5.41, 5.74) is 2.38. The molecule has 0 aliphatic rings. The summed E-state index contributed by atoms with van der Waals surface area (Å²) in [5.74, 6) is -0.255. The van der Waals surface area contributed by atoms with Crippen molar-refractivity contribution in [2.75, 3.05) is 6.61 Å². The van der Waals surface area contributed by atoms with Crippen molar-refractivity contribution >= 4 is 5.97 Å². The molecule has 0 amide bonds. The van der Waals surface area contributed by atoms with Crippen molar-refractivity contribution < 1.29 is 9.53 Å². The molecule has 1 rings (SSSR count). The Hall–Kier alpha value is -2.15. The highest BCUT2D eigenvalue weighted by Crippen LogP contribution is 2.17. The molecule has 1 heterocycles. The van der Waals surface area contributed by atoms with Crippen LogP contribution in [-0.2, 0) is 16.0 Å². The minimum atomic E-state index is -0.255. The molecule has 0 saturated heterocycles. The van der Waals surface area contributed by atoms with E-state index in [1.54, 1.807) is 12.3 Å². The molecule has 0 radical (unpaired) electrons. The quantitative estimate of drug-likeness (QED) is 0.346. The van der Waals surface area contributed by atoms with Gasteiger partial charge in [-0.25, -0.2) is 4.79 Å². The van der Waals surface area contributed by atoms with Crippen LogP contribution in [0.2, 0.25) is 0 Å². The van der Waals surface area contributed by atoms with Crippen LogP contribution in [0.15, 0.2) is 36.2 Å². The van der Waals surface area contributed by atoms with Crippen molar-refractivity contribution in [3.63, 3.8) is 0 Å². The average Bonchev–Trinajstić information content (AvgIpc) is 2.56. The van der Waals surface area contributed by atoms with Crippen LogP contribution in [0.1, 0.15) is 57.4 Å². The van der Waals surface area contributed by atoms with Gasteiger partial charge in [0.2, 0.25) is 0 Å². The second kappa shape index (κ2) is 12.4. The summed E-state index contributed by atoms with van der Waals surface area (Å²) < 4.78 is 5.00. The van der Waals surface area contributed by atoms with Crippen LogP contribution in [0.25, 0.3) is 0 Å². The van der Waals surface area contributed by atoms with E-state index in [9.17, 15) is 4.79 Å². The lowest BCUT2D eigenvalue weighted by atomic mass is 10.00. The first-order chi connectivity index (χ1) is 11.3. The van der Waals surface area contributed by atoms with Crippen LogP contribution in [0.3, 0.4) is 0 Å². The van der Waals surface area contributed by atoms with Gasteiger partial charge in [-0.2, -0.15) is 5.26 Å². The molecule has 124 valence electrons. The number of hydrogen-bond acceptors (Lipinski definition) is 4. The molecule has 23 heavy (non-hydrogen) atoms. The highest BCUT2D eigenvalue weighted by molar-refractivity contribution is 5.82. The zero-order valence-electron chi connectivity index (χ0n) is 14.0. The van der Waals surface area contributed by atoms with Gasteiger partial charge in [0.15, 0.2) is 0 Å². The molecule has 4 heteroatoms. The lowest BCUT2D eigenvalue weighted by Gasteiger charge is -2.08. The van der Waals surface area contributed by atoms with Crippen molar-refractivity contribution in [2.45, 2.75) is 58.3 Å². The van der Waals surface area contributed by atoms with Crippen LogP contribution in [0, 0.1) is 11.3 Å². The molecule has 0 atom stereocenters. The first-order valence-electron chi connectivity index (χ1n) is 8.38. The summed E-state index contributed by atoms with van der Waals surface area (Å²) >= 11 is 0. The first-order valence-corrected chi connectivity index (χ1v) is 8.38. The number of pyridine rings is 1. The number of nitrogens with zero attached hydrogens (tertiary/aromatic N) is 2. The number of aryl methyl sites for hydroxylation is 1. The Labute approximate surface area is 139 Å². The fraction of sp³-hybridized carbons (Fsp3) is 0.526. The Morgan fingerprint density at radius 1 is 1.30 bits per heavy atom. The van der Waals surface area contributed by atoms with Gasteiger partial charge in [-0.1, -0.05) is 11.6 Å². The topological polar surface area (TPSA) is 63.0 Å². The summed E-state index contributed by atoms with van der Waals surface area (Å²) in [7, 11) is 0. The highest BCUT2D eigenvalue weighted by atomic mass is 16.5. The van der Waals surface area contributed by atoms with Crippen LogP contribution >= 0.6 is 0 Å². The largest absolute Gasteiger partial charge is 0.463 e. The van der Waals surface area contributed by atoms with Crippen molar-refractivity contribution in [1.82, 2.24) is 4.98 Å². The molecule has 0 aromatic carbocycles. The van der Waals surface area contributed by atoms with E-state index < -0.39 is 0 Å². The van der Waals surface area contributed by atoms with Gasteiger partial charge in [0.05, 0.1) is 12.7 Å². The highest BCUT2D eigenvalue weighted by Gasteiger charge is 2.04. The van der Waals surface area contributed by atoms with E-state index in [-0.39, 0.29) is 5.97 Å². The van der Waals surface area contributed by atoms with E-state index in [0.717, 1.165) is 50.5 Å². The molecule has 0 saturated carbocycles. The van der Waals surface area contributed by atoms with Crippen molar-refractivity contribution in [3.05, 3.63) is 41.7 Å². The maximum atomic E-state index is 11.6. The third kappa shape index (κ3) is 9.46. The third-order valence-corrected chi connectivity index (χ3v) is 3.58. The summed E-state index contributed by atoms with van der Waals surface area (Å²) in [6.45, 7) is 2.21. The van der Waals surface area contributed by atoms with E-state index in [0.29, 0.717) is 13.0 Å². The van der Waals surface area contributed by atoms with Gasteiger partial charge in [0.1, 0.15) is 0 Å². The van der Waals surface area contributed by atoms with Gasteiger partial charge in [0, 0.05) is 24.9 Å². The monoisotopic (exact) mass is 314 g/mol. The van der Waals surface area contributed by atoms with Gasteiger partial charge in [0.25, 0.3) is 0 Å². The maximum Gasteiger partial charge on any atom is 0.330 e. The number of unbranched alkanes of at least 4 members (excludes halogenated alkanes) is 3. The molecule has 1 aromatic rings. The van der Waals surface area contributed by atoms with Crippen LogP contribution < -0.4 is 0 Å². The lowest BCUT2D eigenvalue weighted by molar-refractivity contribution is -0.137. The van der Waals surface area contributed by atoms with Gasteiger partial charge < -0.3 is 4.74 Å². The Morgan fingerprint density at radius 2 is 2.09 bits per heavy atom. The zero-order chi connectivity index (χ0) is 16.8. The number of nitriles is 1. The number of aromatic nitrogens is 1. The number of carbonyl (C=O) groups excluding carboxylic acids is 1.